The van der Waals surface area contributed by atoms with Crippen LogP contribution in [-0.2, 0) is 6.54 Å². The van der Waals surface area contributed by atoms with Crippen molar-refractivity contribution in [2.75, 3.05) is 0 Å². The lowest BCUT2D eigenvalue weighted by molar-refractivity contribution is 0.239. The van der Waals surface area contributed by atoms with Crippen LogP contribution in [0.1, 0.15) is 37.7 Å². The summed E-state index contributed by atoms with van der Waals surface area (Å²) in [7, 11) is 0. The fourth-order valence-corrected chi connectivity index (χ4v) is 1.94. The Bertz CT molecular complexity index is 288. The second-order valence-electron chi connectivity index (χ2n) is 4.35. The van der Waals surface area contributed by atoms with Gasteiger partial charge in [-0.3, -0.25) is 0 Å². The minimum Gasteiger partial charge on any atom is -0.345 e. The lowest BCUT2D eigenvalue weighted by Crippen LogP contribution is -2.36. The number of hydrogen-bond donors (Lipinski definition) is 2. The Balaban J connectivity index is 1.76. The highest BCUT2D eigenvalue weighted by molar-refractivity contribution is 4.99. The molecule has 0 radical (unpaired) electrons. The van der Waals surface area contributed by atoms with Crippen LogP contribution in [0.3, 0.4) is 0 Å². The van der Waals surface area contributed by atoms with Crippen molar-refractivity contribution in [3.05, 3.63) is 17.7 Å². The van der Waals surface area contributed by atoms with Crippen LogP contribution in [0.25, 0.3) is 0 Å². The summed E-state index contributed by atoms with van der Waals surface area (Å²) in [6.45, 7) is 5.18. The van der Waals surface area contributed by atoms with Crippen LogP contribution in [0.2, 0.25) is 0 Å². The van der Waals surface area contributed by atoms with Crippen LogP contribution >= 0.6 is 0 Å². The topological polar surface area (TPSA) is 40.7 Å². The highest BCUT2D eigenvalue weighted by atomic mass is 15.0. The molecule has 1 fully saturated rings. The Kier molecular flexibility index (Phi) is 2.87. The quantitative estimate of drug-likeness (QED) is 0.768. The molecule has 3 heteroatoms. The Hall–Kier alpha value is -0.830. The van der Waals surface area contributed by atoms with Gasteiger partial charge in [-0.05, 0) is 32.6 Å². The first-order chi connectivity index (χ1) is 6.75. The summed E-state index contributed by atoms with van der Waals surface area (Å²) in [5, 5.41) is 3.54. The van der Waals surface area contributed by atoms with Crippen LogP contribution in [0, 0.1) is 12.8 Å². The largest absolute Gasteiger partial charge is 0.345 e. The van der Waals surface area contributed by atoms with Gasteiger partial charge in [0.15, 0.2) is 0 Å². The van der Waals surface area contributed by atoms with Gasteiger partial charge in [-0.25, -0.2) is 4.98 Å². The average molecular weight is 193 g/mol. The molecule has 1 aromatic heterocycles. The normalized spacial score (nSPS) is 19.3. The summed E-state index contributed by atoms with van der Waals surface area (Å²) in [5.41, 5.74) is 1.19. The molecule has 0 saturated heterocycles. The van der Waals surface area contributed by atoms with Crippen LogP contribution in [0.4, 0.5) is 0 Å². The zero-order chi connectivity index (χ0) is 9.97. The first kappa shape index (κ1) is 9.71. The molecule has 1 aliphatic carbocycles. The van der Waals surface area contributed by atoms with E-state index >= 15 is 0 Å². The zero-order valence-corrected chi connectivity index (χ0v) is 9.01. The monoisotopic (exact) mass is 193 g/mol. The molecule has 0 aromatic carbocycles. The van der Waals surface area contributed by atoms with Gasteiger partial charge in [0.05, 0.1) is 0 Å². The molecule has 1 heterocycles. The Morgan fingerprint density at radius 2 is 2.43 bits per heavy atom. The van der Waals surface area contributed by atoms with E-state index in [0.717, 1.165) is 18.3 Å². The molecule has 1 aromatic rings. The molecule has 0 spiro atoms. The summed E-state index contributed by atoms with van der Waals surface area (Å²) < 4.78 is 0. The third kappa shape index (κ3) is 2.15. The van der Waals surface area contributed by atoms with Gasteiger partial charge in [-0.1, -0.05) is 6.42 Å². The maximum Gasteiger partial charge on any atom is 0.103 e. The smallest absolute Gasteiger partial charge is 0.103 e. The molecule has 2 rings (SSSR count). The third-order valence-electron chi connectivity index (χ3n) is 3.23. The minimum atomic E-state index is 0.646. The highest BCUT2D eigenvalue weighted by Gasteiger charge is 2.23. The summed E-state index contributed by atoms with van der Waals surface area (Å²) in [5.74, 6) is 1.90. The number of hydrogen-bond acceptors (Lipinski definition) is 2. The molecule has 1 atom stereocenters. The van der Waals surface area contributed by atoms with Crippen molar-refractivity contribution in [2.24, 2.45) is 5.92 Å². The molecular weight excluding hydrogens is 174 g/mol. The predicted octanol–water partition coefficient (Wildman–Crippen LogP) is 2.00. The molecule has 0 bridgehead atoms. The third-order valence-corrected chi connectivity index (χ3v) is 3.23. The average Bonchev–Trinajstić information content (AvgIpc) is 2.45. The van der Waals surface area contributed by atoms with Crippen LogP contribution in [0.5, 0.6) is 0 Å². The van der Waals surface area contributed by atoms with Gasteiger partial charge in [-0.15, -0.1) is 0 Å². The van der Waals surface area contributed by atoms with E-state index in [0.29, 0.717) is 6.04 Å². The van der Waals surface area contributed by atoms with E-state index in [1.165, 1.54) is 25.0 Å². The fourth-order valence-electron chi connectivity index (χ4n) is 1.94. The molecule has 1 unspecified atom stereocenters. The van der Waals surface area contributed by atoms with E-state index in [1.54, 1.807) is 0 Å². The number of nitrogens with one attached hydrogen (secondary N) is 2. The Morgan fingerprint density at radius 1 is 1.64 bits per heavy atom. The Labute approximate surface area is 85.3 Å². The number of imidazole rings is 1. The predicted molar refractivity (Wildman–Crippen MR) is 57.0 cm³/mol. The summed E-state index contributed by atoms with van der Waals surface area (Å²) in [6, 6.07) is 0.646. The van der Waals surface area contributed by atoms with Crippen molar-refractivity contribution in [1.29, 1.82) is 0 Å². The maximum atomic E-state index is 4.18. The van der Waals surface area contributed by atoms with Crippen molar-refractivity contribution in [2.45, 2.75) is 45.7 Å². The molecule has 0 amide bonds. The number of aromatic amines is 1. The van der Waals surface area contributed by atoms with Gasteiger partial charge < -0.3 is 10.3 Å². The second-order valence-corrected chi connectivity index (χ2v) is 4.35. The number of aromatic nitrogens is 2. The van der Waals surface area contributed by atoms with Gasteiger partial charge in [0.25, 0.3) is 0 Å². The number of aryl methyl sites for hydroxylation is 1. The molecule has 14 heavy (non-hydrogen) atoms. The summed E-state index contributed by atoms with van der Waals surface area (Å²) in [4.78, 5) is 7.41. The van der Waals surface area contributed by atoms with Crippen LogP contribution in [0.15, 0.2) is 6.20 Å². The number of rotatable bonds is 4. The van der Waals surface area contributed by atoms with Crippen molar-refractivity contribution in [1.82, 2.24) is 15.3 Å². The molecule has 0 aliphatic heterocycles. The van der Waals surface area contributed by atoms with Crippen molar-refractivity contribution < 1.29 is 0 Å². The highest BCUT2D eigenvalue weighted by Crippen LogP contribution is 2.29. The van der Waals surface area contributed by atoms with E-state index < -0.39 is 0 Å². The van der Waals surface area contributed by atoms with E-state index in [-0.39, 0.29) is 0 Å². The SMILES string of the molecule is Cc1ncc(CNC(C)C2CCC2)[nH]1. The number of nitrogens with zero attached hydrogens (tertiary/aromatic N) is 1. The van der Waals surface area contributed by atoms with Crippen molar-refractivity contribution in [3.8, 4) is 0 Å². The fraction of sp³-hybridized carbons (Fsp3) is 0.727. The lowest BCUT2D eigenvalue weighted by Gasteiger charge is -2.31. The van der Waals surface area contributed by atoms with E-state index in [4.69, 9.17) is 0 Å². The van der Waals surface area contributed by atoms with Gasteiger partial charge in [-0.2, -0.15) is 0 Å². The van der Waals surface area contributed by atoms with Gasteiger partial charge >= 0.3 is 0 Å². The van der Waals surface area contributed by atoms with Gasteiger partial charge in [0, 0.05) is 24.5 Å². The maximum absolute atomic E-state index is 4.18. The number of H-pyrrole nitrogens is 1. The molecular formula is C11H19N3. The van der Waals surface area contributed by atoms with Crippen LogP contribution < -0.4 is 5.32 Å². The van der Waals surface area contributed by atoms with Gasteiger partial charge in [0.2, 0.25) is 0 Å². The van der Waals surface area contributed by atoms with Crippen LogP contribution in [-0.4, -0.2) is 16.0 Å². The molecule has 1 saturated carbocycles. The molecule has 78 valence electrons. The lowest BCUT2D eigenvalue weighted by atomic mass is 9.80. The molecule has 3 nitrogen and oxygen atoms in total. The second kappa shape index (κ2) is 4.13. The van der Waals surface area contributed by atoms with Gasteiger partial charge in [0.1, 0.15) is 5.82 Å². The molecule has 2 N–H and O–H groups in total. The van der Waals surface area contributed by atoms with E-state index in [2.05, 4.69) is 22.2 Å². The standard InChI is InChI=1S/C11H19N3/c1-8(10-4-3-5-10)12-6-11-7-13-9(2)14-11/h7-8,10,12H,3-6H2,1-2H3,(H,13,14). The van der Waals surface area contributed by atoms with E-state index in [1.807, 2.05) is 13.1 Å². The van der Waals surface area contributed by atoms with Crippen molar-refractivity contribution in [3.63, 3.8) is 0 Å². The molecule has 1 aliphatic rings. The summed E-state index contributed by atoms with van der Waals surface area (Å²) >= 11 is 0. The van der Waals surface area contributed by atoms with E-state index in [9.17, 15) is 0 Å². The zero-order valence-electron chi connectivity index (χ0n) is 9.01. The Morgan fingerprint density at radius 3 is 2.93 bits per heavy atom. The van der Waals surface area contributed by atoms with Crippen molar-refractivity contribution >= 4 is 0 Å². The summed E-state index contributed by atoms with van der Waals surface area (Å²) in [6.07, 6.45) is 6.13. The first-order valence-electron chi connectivity index (χ1n) is 5.49. The minimum absolute atomic E-state index is 0.646. The first-order valence-corrected chi connectivity index (χ1v) is 5.49.